The van der Waals surface area contributed by atoms with Gasteiger partial charge in [-0.05, 0) is 12.1 Å². The number of fused-ring (bicyclic) bond motifs is 5. The molecule has 4 nitrogen and oxygen atoms in total. The monoisotopic (exact) mass is 235 g/mol. The molecule has 0 radical (unpaired) electrons. The average molecular weight is 235 g/mol. The van der Waals surface area contributed by atoms with Gasteiger partial charge in [0.15, 0.2) is 5.65 Å². The van der Waals surface area contributed by atoms with Crippen molar-refractivity contribution in [2.45, 2.75) is 0 Å². The molecule has 0 unspecified atom stereocenters. The lowest BCUT2D eigenvalue weighted by atomic mass is 10.2. The van der Waals surface area contributed by atoms with Crippen molar-refractivity contribution < 1.29 is 0 Å². The highest BCUT2D eigenvalue weighted by atomic mass is 16.1. The van der Waals surface area contributed by atoms with Crippen LogP contribution in [0.1, 0.15) is 0 Å². The Bertz CT molecular complexity index is 949. The van der Waals surface area contributed by atoms with Crippen molar-refractivity contribution in [3.05, 3.63) is 59.1 Å². The molecule has 18 heavy (non-hydrogen) atoms. The molecule has 4 aromatic rings. The maximum absolute atomic E-state index is 12.2. The molecule has 1 aromatic carbocycles. The van der Waals surface area contributed by atoms with Gasteiger partial charge in [-0.1, -0.05) is 24.3 Å². The molecular weight excluding hydrogens is 226 g/mol. The Balaban J connectivity index is 2.42. The highest BCUT2D eigenvalue weighted by molar-refractivity contribution is 5.99. The Labute approximate surface area is 102 Å². The Kier molecular flexibility index (Phi) is 1.67. The largest absolute Gasteiger partial charge is 0.308 e. The maximum Gasteiger partial charge on any atom is 0.274 e. The van der Waals surface area contributed by atoms with E-state index >= 15 is 0 Å². The first kappa shape index (κ1) is 9.41. The SMILES string of the molecule is O=c1[nH]c2ncccc2n2cc3ccccc3c12. The number of nitrogens with zero attached hydrogens (tertiary/aromatic N) is 2. The standard InChI is InChI=1S/C14H9N3O/c18-14-12-10-5-2-1-4-9(10)8-17(12)11-6-3-7-15-13(11)16-14/h1-8H,(H,15,16,18). The van der Waals surface area contributed by atoms with Crippen molar-refractivity contribution in [2.24, 2.45) is 0 Å². The summed E-state index contributed by atoms with van der Waals surface area (Å²) in [6.45, 7) is 0. The summed E-state index contributed by atoms with van der Waals surface area (Å²) in [6, 6.07) is 11.7. The topological polar surface area (TPSA) is 50.2 Å². The Morgan fingerprint density at radius 3 is 2.94 bits per heavy atom. The van der Waals surface area contributed by atoms with E-state index in [-0.39, 0.29) is 5.56 Å². The van der Waals surface area contributed by atoms with E-state index in [0.29, 0.717) is 11.2 Å². The summed E-state index contributed by atoms with van der Waals surface area (Å²) < 4.78 is 1.91. The normalized spacial score (nSPS) is 11.6. The van der Waals surface area contributed by atoms with Crippen LogP contribution in [0.25, 0.3) is 27.5 Å². The van der Waals surface area contributed by atoms with E-state index in [2.05, 4.69) is 9.97 Å². The number of H-pyrrole nitrogens is 1. The highest BCUT2D eigenvalue weighted by Gasteiger charge is 2.09. The van der Waals surface area contributed by atoms with Gasteiger partial charge in [0.05, 0.1) is 5.52 Å². The molecule has 1 N–H and O–H groups in total. The number of rotatable bonds is 0. The summed E-state index contributed by atoms with van der Waals surface area (Å²) in [7, 11) is 0. The fourth-order valence-electron chi connectivity index (χ4n) is 2.43. The number of aromatic amines is 1. The van der Waals surface area contributed by atoms with E-state index in [1.54, 1.807) is 6.20 Å². The quantitative estimate of drug-likeness (QED) is 0.508. The number of pyridine rings is 1. The van der Waals surface area contributed by atoms with E-state index in [9.17, 15) is 4.79 Å². The lowest BCUT2D eigenvalue weighted by Gasteiger charge is -2.00. The maximum atomic E-state index is 12.2. The molecule has 0 aliphatic rings. The second-order valence-electron chi connectivity index (χ2n) is 4.26. The third-order valence-electron chi connectivity index (χ3n) is 3.22. The Morgan fingerprint density at radius 1 is 1.11 bits per heavy atom. The van der Waals surface area contributed by atoms with Gasteiger partial charge in [0.25, 0.3) is 5.56 Å². The minimum atomic E-state index is -0.109. The molecule has 0 atom stereocenters. The van der Waals surface area contributed by atoms with Gasteiger partial charge in [-0.15, -0.1) is 0 Å². The number of hydrogen-bond donors (Lipinski definition) is 1. The fraction of sp³-hybridized carbons (Fsp3) is 0. The molecule has 3 heterocycles. The summed E-state index contributed by atoms with van der Waals surface area (Å²) in [4.78, 5) is 19.2. The first-order valence-electron chi connectivity index (χ1n) is 5.71. The molecule has 0 fully saturated rings. The van der Waals surface area contributed by atoms with Crippen LogP contribution < -0.4 is 5.56 Å². The van der Waals surface area contributed by atoms with Crippen molar-refractivity contribution in [2.75, 3.05) is 0 Å². The van der Waals surface area contributed by atoms with E-state index in [1.165, 1.54) is 0 Å². The van der Waals surface area contributed by atoms with Crippen LogP contribution in [-0.2, 0) is 0 Å². The third-order valence-corrected chi connectivity index (χ3v) is 3.22. The van der Waals surface area contributed by atoms with Crippen LogP contribution >= 0.6 is 0 Å². The Morgan fingerprint density at radius 2 is 2.00 bits per heavy atom. The summed E-state index contributed by atoms with van der Waals surface area (Å²) in [5.41, 5.74) is 2.08. The molecule has 0 aliphatic heterocycles. The molecule has 0 bridgehead atoms. The lowest BCUT2D eigenvalue weighted by molar-refractivity contribution is 1.15. The van der Waals surface area contributed by atoms with Crippen LogP contribution in [0.2, 0.25) is 0 Å². The minimum absolute atomic E-state index is 0.109. The Hall–Kier alpha value is -2.62. The van der Waals surface area contributed by atoms with Gasteiger partial charge in [0.1, 0.15) is 5.52 Å². The molecule has 4 rings (SSSR count). The lowest BCUT2D eigenvalue weighted by Crippen LogP contribution is -2.10. The van der Waals surface area contributed by atoms with Gasteiger partial charge in [-0.2, -0.15) is 0 Å². The van der Waals surface area contributed by atoms with Crippen molar-refractivity contribution in [3.8, 4) is 0 Å². The zero-order valence-electron chi connectivity index (χ0n) is 9.42. The molecule has 0 saturated heterocycles. The number of aromatic nitrogens is 3. The number of hydrogen-bond acceptors (Lipinski definition) is 2. The van der Waals surface area contributed by atoms with E-state index in [1.807, 2.05) is 47.0 Å². The molecule has 0 spiro atoms. The molecular formula is C14H9N3O. The molecule has 0 saturated carbocycles. The average Bonchev–Trinajstić information content (AvgIpc) is 2.79. The number of benzene rings is 1. The van der Waals surface area contributed by atoms with Gasteiger partial charge in [-0.25, -0.2) is 4.98 Å². The smallest absolute Gasteiger partial charge is 0.274 e. The van der Waals surface area contributed by atoms with Gasteiger partial charge < -0.3 is 9.38 Å². The van der Waals surface area contributed by atoms with E-state index in [4.69, 9.17) is 0 Å². The summed E-state index contributed by atoms with van der Waals surface area (Å²) in [5.74, 6) is 0. The van der Waals surface area contributed by atoms with Gasteiger partial charge in [0.2, 0.25) is 0 Å². The molecule has 0 amide bonds. The van der Waals surface area contributed by atoms with Crippen LogP contribution in [0.3, 0.4) is 0 Å². The number of nitrogens with one attached hydrogen (secondary N) is 1. The molecule has 4 heteroatoms. The third kappa shape index (κ3) is 1.09. The summed E-state index contributed by atoms with van der Waals surface area (Å²) >= 11 is 0. The van der Waals surface area contributed by atoms with Gasteiger partial charge in [-0.3, -0.25) is 4.79 Å². The highest BCUT2D eigenvalue weighted by Crippen LogP contribution is 2.21. The first-order valence-corrected chi connectivity index (χ1v) is 5.71. The zero-order valence-corrected chi connectivity index (χ0v) is 9.42. The van der Waals surface area contributed by atoms with Crippen LogP contribution in [0.15, 0.2) is 53.6 Å². The predicted molar refractivity (Wildman–Crippen MR) is 70.8 cm³/mol. The van der Waals surface area contributed by atoms with Crippen molar-refractivity contribution in [1.82, 2.24) is 14.4 Å². The minimum Gasteiger partial charge on any atom is -0.308 e. The second-order valence-corrected chi connectivity index (χ2v) is 4.26. The predicted octanol–water partition coefficient (Wildman–Crippen LogP) is 2.33. The van der Waals surface area contributed by atoms with Crippen LogP contribution in [0.5, 0.6) is 0 Å². The van der Waals surface area contributed by atoms with E-state index < -0.39 is 0 Å². The van der Waals surface area contributed by atoms with Gasteiger partial charge >= 0.3 is 0 Å². The first-order chi connectivity index (χ1) is 8.84. The summed E-state index contributed by atoms with van der Waals surface area (Å²) in [6.07, 6.45) is 3.65. The van der Waals surface area contributed by atoms with Crippen LogP contribution in [-0.4, -0.2) is 14.4 Å². The van der Waals surface area contributed by atoms with Crippen LogP contribution in [0.4, 0.5) is 0 Å². The van der Waals surface area contributed by atoms with Crippen molar-refractivity contribution in [3.63, 3.8) is 0 Å². The summed E-state index contributed by atoms with van der Waals surface area (Å²) in [5, 5.41) is 2.02. The molecule has 0 aliphatic carbocycles. The van der Waals surface area contributed by atoms with Gasteiger partial charge in [0, 0.05) is 23.2 Å². The zero-order chi connectivity index (χ0) is 12.1. The fourth-order valence-corrected chi connectivity index (χ4v) is 2.43. The van der Waals surface area contributed by atoms with Crippen molar-refractivity contribution >= 4 is 27.5 Å². The second kappa shape index (κ2) is 3.20. The van der Waals surface area contributed by atoms with Crippen molar-refractivity contribution in [1.29, 1.82) is 0 Å². The molecule has 86 valence electrons. The molecule has 3 aromatic heterocycles. The van der Waals surface area contributed by atoms with Crippen LogP contribution in [0, 0.1) is 0 Å². The van der Waals surface area contributed by atoms with E-state index in [0.717, 1.165) is 16.3 Å².